The molecule has 0 aromatic heterocycles. The molecule has 10 nitrogen and oxygen atoms in total. The number of carbonyl (C=O) groups excluding carboxylic acids is 2. The van der Waals surface area contributed by atoms with Crippen LogP contribution < -0.4 is 0 Å². The van der Waals surface area contributed by atoms with Crippen molar-refractivity contribution in [1.29, 1.82) is 0 Å². The number of hydrogen-bond acceptors (Lipinski definition) is 7. The van der Waals surface area contributed by atoms with Gasteiger partial charge in [0, 0.05) is 18.7 Å². The summed E-state index contributed by atoms with van der Waals surface area (Å²) in [5, 5.41) is 22.1. The molecule has 28 heavy (non-hydrogen) atoms. The van der Waals surface area contributed by atoms with Gasteiger partial charge in [-0.1, -0.05) is 24.3 Å². The molecule has 2 rings (SSSR count). The summed E-state index contributed by atoms with van der Waals surface area (Å²) in [6.45, 7) is 1.44. The lowest BCUT2D eigenvalue weighted by molar-refractivity contribution is -0.394. The first-order valence-electron chi connectivity index (χ1n) is 8.07. The topological polar surface area (TPSA) is 133 Å². The second kappa shape index (κ2) is 8.71. The standard InChI is InChI=1S/C18H17N3O7/c1-12-5-3-4-6-13(12)10-19(11-17(22)28-2)18(23)14-7-15(20(24)25)9-16(8-14)21(26)27/h3-9H,10-11H2,1-2H3. The van der Waals surface area contributed by atoms with E-state index in [2.05, 4.69) is 4.74 Å². The third-order valence-electron chi connectivity index (χ3n) is 4.03. The Hall–Kier alpha value is -3.82. The minimum Gasteiger partial charge on any atom is -0.468 e. The average Bonchev–Trinajstić information content (AvgIpc) is 2.67. The fourth-order valence-corrected chi connectivity index (χ4v) is 2.53. The number of nitro groups is 2. The van der Waals surface area contributed by atoms with Crippen molar-refractivity contribution in [2.45, 2.75) is 13.5 Å². The van der Waals surface area contributed by atoms with Crippen LogP contribution in [0.2, 0.25) is 0 Å². The van der Waals surface area contributed by atoms with E-state index in [1.54, 1.807) is 12.1 Å². The number of hydrogen-bond donors (Lipinski definition) is 0. The molecular formula is C18H17N3O7. The molecule has 10 heteroatoms. The van der Waals surface area contributed by atoms with Crippen LogP contribution in [-0.4, -0.2) is 40.3 Å². The number of amides is 1. The van der Waals surface area contributed by atoms with Gasteiger partial charge in [-0.05, 0) is 18.1 Å². The van der Waals surface area contributed by atoms with Crippen LogP contribution in [0.25, 0.3) is 0 Å². The Morgan fingerprint density at radius 3 is 2.11 bits per heavy atom. The second-order valence-electron chi connectivity index (χ2n) is 5.92. The number of benzene rings is 2. The highest BCUT2D eigenvalue weighted by molar-refractivity contribution is 5.97. The minimum atomic E-state index is -0.824. The van der Waals surface area contributed by atoms with Crippen LogP contribution in [-0.2, 0) is 16.1 Å². The smallest absolute Gasteiger partial charge is 0.325 e. The number of non-ortho nitro benzene ring substituents is 2. The lowest BCUT2D eigenvalue weighted by Gasteiger charge is -2.22. The number of methoxy groups -OCH3 is 1. The maximum atomic E-state index is 12.9. The van der Waals surface area contributed by atoms with E-state index in [1.165, 1.54) is 0 Å². The molecular weight excluding hydrogens is 370 g/mol. The lowest BCUT2D eigenvalue weighted by atomic mass is 10.1. The zero-order valence-electron chi connectivity index (χ0n) is 15.2. The summed E-state index contributed by atoms with van der Waals surface area (Å²) in [7, 11) is 1.16. The van der Waals surface area contributed by atoms with E-state index in [4.69, 9.17) is 0 Å². The Balaban J connectivity index is 2.46. The van der Waals surface area contributed by atoms with Crippen molar-refractivity contribution in [1.82, 2.24) is 4.90 Å². The quantitative estimate of drug-likeness (QED) is 0.405. The Kier molecular flexibility index (Phi) is 6.38. The number of ether oxygens (including phenoxy) is 1. The van der Waals surface area contributed by atoms with E-state index in [9.17, 15) is 29.8 Å². The van der Waals surface area contributed by atoms with Gasteiger partial charge >= 0.3 is 5.97 Å². The van der Waals surface area contributed by atoms with E-state index >= 15 is 0 Å². The minimum absolute atomic E-state index is 0.0249. The van der Waals surface area contributed by atoms with Crippen LogP contribution in [0.15, 0.2) is 42.5 Å². The van der Waals surface area contributed by atoms with E-state index in [0.29, 0.717) is 0 Å². The summed E-state index contributed by atoms with van der Waals surface area (Å²) in [4.78, 5) is 46.3. The number of aryl methyl sites for hydroxylation is 1. The molecule has 2 aromatic carbocycles. The zero-order chi connectivity index (χ0) is 20.8. The van der Waals surface area contributed by atoms with Crippen molar-refractivity contribution in [2.75, 3.05) is 13.7 Å². The highest BCUT2D eigenvalue weighted by atomic mass is 16.6. The van der Waals surface area contributed by atoms with Gasteiger partial charge in [-0.2, -0.15) is 0 Å². The predicted octanol–water partition coefficient (Wildman–Crippen LogP) is 2.63. The first kappa shape index (κ1) is 20.5. The van der Waals surface area contributed by atoms with Gasteiger partial charge in [0.1, 0.15) is 6.54 Å². The summed E-state index contributed by atoms with van der Waals surface area (Å²) in [6.07, 6.45) is 0. The molecule has 0 aliphatic rings. The third kappa shape index (κ3) is 4.87. The summed E-state index contributed by atoms with van der Waals surface area (Å²) in [6, 6.07) is 9.82. The van der Waals surface area contributed by atoms with Crippen LogP contribution in [0, 0.1) is 27.2 Å². The zero-order valence-corrected chi connectivity index (χ0v) is 15.2. The molecule has 0 heterocycles. The van der Waals surface area contributed by atoms with E-state index in [-0.39, 0.29) is 12.1 Å². The lowest BCUT2D eigenvalue weighted by Crippen LogP contribution is -2.36. The number of rotatable bonds is 7. The average molecular weight is 387 g/mol. The van der Waals surface area contributed by atoms with Crippen molar-refractivity contribution in [3.05, 3.63) is 79.4 Å². The molecule has 0 N–H and O–H groups in total. The molecule has 146 valence electrons. The molecule has 0 aliphatic heterocycles. The van der Waals surface area contributed by atoms with Gasteiger partial charge in [-0.25, -0.2) is 0 Å². The molecule has 0 atom stereocenters. The molecule has 0 spiro atoms. The van der Waals surface area contributed by atoms with Crippen LogP contribution in [0.3, 0.4) is 0 Å². The Bertz CT molecular complexity index is 910. The van der Waals surface area contributed by atoms with Gasteiger partial charge in [0.15, 0.2) is 0 Å². The van der Waals surface area contributed by atoms with Gasteiger partial charge in [-0.15, -0.1) is 0 Å². The summed E-state index contributed by atoms with van der Waals surface area (Å²) < 4.78 is 4.61. The van der Waals surface area contributed by atoms with Crippen LogP contribution in [0.5, 0.6) is 0 Å². The van der Waals surface area contributed by atoms with Crippen molar-refractivity contribution in [3.63, 3.8) is 0 Å². The highest BCUT2D eigenvalue weighted by Crippen LogP contribution is 2.24. The first-order chi connectivity index (χ1) is 13.2. The largest absolute Gasteiger partial charge is 0.468 e. The molecule has 0 bridgehead atoms. The predicted molar refractivity (Wildman–Crippen MR) is 97.7 cm³/mol. The monoisotopic (exact) mass is 387 g/mol. The van der Waals surface area contributed by atoms with Crippen molar-refractivity contribution < 1.29 is 24.2 Å². The first-order valence-corrected chi connectivity index (χ1v) is 8.07. The van der Waals surface area contributed by atoms with Crippen molar-refractivity contribution in [2.24, 2.45) is 0 Å². The third-order valence-corrected chi connectivity index (χ3v) is 4.03. The SMILES string of the molecule is COC(=O)CN(Cc1ccccc1C)C(=O)c1cc([N+](=O)[O-])cc([N+](=O)[O-])c1. The van der Waals surface area contributed by atoms with Crippen LogP contribution >= 0.6 is 0 Å². The molecule has 0 fully saturated rings. The number of nitrogens with zero attached hydrogens (tertiary/aromatic N) is 3. The maximum absolute atomic E-state index is 12.9. The van der Waals surface area contributed by atoms with Gasteiger partial charge in [0.25, 0.3) is 17.3 Å². The van der Waals surface area contributed by atoms with Gasteiger partial charge < -0.3 is 9.64 Å². The fourth-order valence-electron chi connectivity index (χ4n) is 2.53. The molecule has 1 amide bonds. The van der Waals surface area contributed by atoms with Gasteiger partial charge in [0.2, 0.25) is 0 Å². The molecule has 0 unspecified atom stereocenters. The molecule has 2 aromatic rings. The Labute approximate surface area is 159 Å². The van der Waals surface area contributed by atoms with Crippen molar-refractivity contribution in [3.8, 4) is 0 Å². The van der Waals surface area contributed by atoms with Gasteiger partial charge in [0.05, 0.1) is 28.6 Å². The van der Waals surface area contributed by atoms with Crippen molar-refractivity contribution >= 4 is 23.3 Å². The second-order valence-corrected chi connectivity index (χ2v) is 5.92. The molecule has 0 aliphatic carbocycles. The molecule has 0 radical (unpaired) electrons. The Morgan fingerprint density at radius 2 is 1.61 bits per heavy atom. The van der Waals surface area contributed by atoms with E-state index < -0.39 is 39.6 Å². The Morgan fingerprint density at radius 1 is 1.04 bits per heavy atom. The number of nitro benzene ring substituents is 2. The number of carbonyl (C=O) groups is 2. The van der Waals surface area contributed by atoms with E-state index in [1.807, 2.05) is 19.1 Å². The normalized spacial score (nSPS) is 10.2. The van der Waals surface area contributed by atoms with Crippen LogP contribution in [0.1, 0.15) is 21.5 Å². The molecule has 0 saturated heterocycles. The summed E-state index contributed by atoms with van der Waals surface area (Å²) >= 11 is 0. The maximum Gasteiger partial charge on any atom is 0.325 e. The van der Waals surface area contributed by atoms with E-state index in [0.717, 1.165) is 41.3 Å². The van der Waals surface area contributed by atoms with Crippen LogP contribution in [0.4, 0.5) is 11.4 Å². The summed E-state index contributed by atoms with van der Waals surface area (Å²) in [5.74, 6) is -1.46. The van der Waals surface area contributed by atoms with Gasteiger partial charge in [-0.3, -0.25) is 29.8 Å². The summed E-state index contributed by atoms with van der Waals surface area (Å²) in [5.41, 5.74) is 0.172. The number of esters is 1. The molecule has 0 saturated carbocycles. The highest BCUT2D eigenvalue weighted by Gasteiger charge is 2.25. The fraction of sp³-hybridized carbons (Fsp3) is 0.222.